The van der Waals surface area contributed by atoms with E-state index in [1.165, 1.54) is 0 Å². The Labute approximate surface area is 117 Å². The minimum Gasteiger partial charge on any atom is -0.472 e. The molecule has 2 aliphatic rings. The molecule has 0 unspecified atom stereocenters. The van der Waals surface area contributed by atoms with Gasteiger partial charge in [0, 0.05) is 31.1 Å². The first-order valence-electron chi connectivity index (χ1n) is 6.72. The van der Waals surface area contributed by atoms with Gasteiger partial charge in [0.25, 0.3) is 0 Å². The number of nitrogens with zero attached hydrogens (tertiary/aromatic N) is 1. The van der Waals surface area contributed by atoms with E-state index in [1.807, 2.05) is 18.2 Å². The van der Waals surface area contributed by atoms with Crippen LogP contribution in [0.3, 0.4) is 0 Å². The Morgan fingerprint density at radius 2 is 2.05 bits per heavy atom. The van der Waals surface area contributed by atoms with Gasteiger partial charge in [-0.2, -0.15) is 0 Å². The highest BCUT2D eigenvalue weighted by Gasteiger charge is 2.49. The zero-order valence-corrected chi connectivity index (χ0v) is 11.7. The zero-order valence-electron chi connectivity index (χ0n) is 10.9. The van der Waals surface area contributed by atoms with Crippen LogP contribution in [-0.4, -0.2) is 31.7 Å². The van der Waals surface area contributed by atoms with Crippen molar-refractivity contribution in [2.24, 2.45) is 0 Å². The second kappa shape index (κ2) is 4.20. The van der Waals surface area contributed by atoms with Crippen molar-refractivity contribution in [3.8, 4) is 0 Å². The maximum absolute atomic E-state index is 12.6. The number of likely N-dealkylation sites (tertiary alicyclic amines) is 1. The number of benzene rings is 1. The SMILES string of the molecule is O=S1(=O)c2ccccc2[C@@H]2CN(Cc3ccoc3)C[C@@H]21. The Bertz CT molecular complexity index is 736. The van der Waals surface area contributed by atoms with E-state index >= 15 is 0 Å². The standard InChI is InChI=1S/C15H15NO3S/c17-20(18)14-4-2-1-3-12(14)13-8-16(9-15(13)20)7-11-5-6-19-10-11/h1-6,10,13,15H,7-9H2/t13-,15-/m0/s1. The van der Waals surface area contributed by atoms with Gasteiger partial charge in [0.05, 0.1) is 22.7 Å². The van der Waals surface area contributed by atoms with E-state index in [0.717, 1.165) is 24.2 Å². The van der Waals surface area contributed by atoms with Crippen LogP contribution in [0.15, 0.2) is 52.2 Å². The minimum atomic E-state index is -3.16. The smallest absolute Gasteiger partial charge is 0.183 e. The number of sulfone groups is 1. The molecule has 2 aliphatic heterocycles. The molecule has 1 fully saturated rings. The predicted molar refractivity (Wildman–Crippen MR) is 74.1 cm³/mol. The lowest BCUT2D eigenvalue weighted by Gasteiger charge is -2.15. The summed E-state index contributed by atoms with van der Waals surface area (Å²) >= 11 is 0. The van der Waals surface area contributed by atoms with Crippen LogP contribution in [0.5, 0.6) is 0 Å². The quantitative estimate of drug-likeness (QED) is 0.849. The average Bonchev–Trinajstić information content (AvgIpc) is 3.12. The molecule has 1 aromatic heterocycles. The summed E-state index contributed by atoms with van der Waals surface area (Å²) in [6.45, 7) is 2.15. The van der Waals surface area contributed by atoms with E-state index < -0.39 is 9.84 Å². The minimum absolute atomic E-state index is 0.114. The van der Waals surface area contributed by atoms with Gasteiger partial charge in [0.2, 0.25) is 0 Å². The molecule has 0 bridgehead atoms. The third kappa shape index (κ3) is 1.66. The Hall–Kier alpha value is -1.59. The molecule has 4 nitrogen and oxygen atoms in total. The average molecular weight is 289 g/mol. The molecule has 0 aliphatic carbocycles. The van der Waals surface area contributed by atoms with Crippen molar-refractivity contribution in [3.63, 3.8) is 0 Å². The van der Waals surface area contributed by atoms with E-state index in [4.69, 9.17) is 4.42 Å². The molecule has 5 heteroatoms. The number of rotatable bonds is 2. The summed E-state index contributed by atoms with van der Waals surface area (Å²) in [5, 5.41) is -0.285. The van der Waals surface area contributed by atoms with Gasteiger partial charge < -0.3 is 4.42 Å². The van der Waals surface area contributed by atoms with Crippen molar-refractivity contribution in [3.05, 3.63) is 54.0 Å². The van der Waals surface area contributed by atoms with Gasteiger partial charge in [-0.15, -0.1) is 0 Å². The zero-order chi connectivity index (χ0) is 13.7. The normalized spacial score (nSPS) is 27.4. The Morgan fingerprint density at radius 3 is 2.85 bits per heavy atom. The maximum Gasteiger partial charge on any atom is 0.183 e. The second-order valence-electron chi connectivity index (χ2n) is 5.55. The molecule has 1 aromatic carbocycles. The van der Waals surface area contributed by atoms with Gasteiger partial charge in [-0.3, -0.25) is 4.90 Å². The summed E-state index contributed by atoms with van der Waals surface area (Å²) in [6.07, 6.45) is 3.37. The molecule has 1 saturated heterocycles. The summed E-state index contributed by atoms with van der Waals surface area (Å²) in [5.74, 6) is 0.114. The first kappa shape index (κ1) is 12.2. The molecule has 0 amide bonds. The fourth-order valence-corrected chi connectivity index (χ4v) is 5.66. The van der Waals surface area contributed by atoms with Gasteiger partial charge in [-0.1, -0.05) is 18.2 Å². The molecule has 4 rings (SSSR count). The first-order valence-corrected chi connectivity index (χ1v) is 8.27. The topological polar surface area (TPSA) is 50.5 Å². The van der Waals surface area contributed by atoms with Gasteiger partial charge in [0.15, 0.2) is 9.84 Å². The monoisotopic (exact) mass is 289 g/mol. The molecule has 2 aromatic rings. The van der Waals surface area contributed by atoms with E-state index in [2.05, 4.69) is 4.90 Å². The largest absolute Gasteiger partial charge is 0.472 e. The maximum atomic E-state index is 12.6. The summed E-state index contributed by atoms with van der Waals surface area (Å²) < 4.78 is 30.2. The molecule has 104 valence electrons. The summed E-state index contributed by atoms with van der Waals surface area (Å²) in [5.41, 5.74) is 2.09. The van der Waals surface area contributed by atoms with E-state index in [-0.39, 0.29) is 11.2 Å². The van der Waals surface area contributed by atoms with Gasteiger partial charge in [-0.25, -0.2) is 8.42 Å². The number of hydrogen-bond donors (Lipinski definition) is 0. The molecule has 20 heavy (non-hydrogen) atoms. The van der Waals surface area contributed by atoms with Crippen LogP contribution in [0.1, 0.15) is 17.0 Å². The van der Waals surface area contributed by atoms with Crippen LogP contribution in [-0.2, 0) is 16.4 Å². The van der Waals surface area contributed by atoms with Crippen molar-refractivity contribution in [2.45, 2.75) is 22.6 Å². The number of furan rings is 1. The van der Waals surface area contributed by atoms with Crippen molar-refractivity contribution in [1.82, 2.24) is 4.90 Å². The Morgan fingerprint density at radius 1 is 1.20 bits per heavy atom. The van der Waals surface area contributed by atoms with Gasteiger partial charge in [-0.05, 0) is 17.7 Å². The Kier molecular flexibility index (Phi) is 2.56. The van der Waals surface area contributed by atoms with Gasteiger partial charge >= 0.3 is 0 Å². The highest BCUT2D eigenvalue weighted by molar-refractivity contribution is 7.92. The third-order valence-corrected chi connectivity index (χ3v) is 6.61. The lowest BCUT2D eigenvalue weighted by Crippen LogP contribution is -2.25. The van der Waals surface area contributed by atoms with E-state index in [0.29, 0.717) is 11.4 Å². The third-order valence-electron chi connectivity index (χ3n) is 4.35. The highest BCUT2D eigenvalue weighted by atomic mass is 32.2. The fourth-order valence-electron chi connectivity index (χ4n) is 3.44. The summed E-state index contributed by atoms with van der Waals surface area (Å²) in [6, 6.07) is 9.36. The Balaban J connectivity index is 1.66. The molecule has 3 heterocycles. The molecule has 0 N–H and O–H groups in total. The first-order chi connectivity index (χ1) is 9.66. The second-order valence-corrected chi connectivity index (χ2v) is 7.69. The lowest BCUT2D eigenvalue weighted by atomic mass is 9.99. The highest BCUT2D eigenvalue weighted by Crippen LogP contribution is 2.44. The van der Waals surface area contributed by atoms with Crippen LogP contribution < -0.4 is 0 Å². The van der Waals surface area contributed by atoms with Crippen LogP contribution in [0.25, 0.3) is 0 Å². The van der Waals surface area contributed by atoms with Crippen molar-refractivity contribution in [2.75, 3.05) is 13.1 Å². The lowest BCUT2D eigenvalue weighted by molar-refractivity contribution is 0.324. The summed E-state index contributed by atoms with van der Waals surface area (Å²) in [7, 11) is -3.16. The molecule has 0 saturated carbocycles. The fraction of sp³-hybridized carbons (Fsp3) is 0.333. The molecular formula is C15H15NO3S. The van der Waals surface area contributed by atoms with E-state index in [1.54, 1.807) is 24.7 Å². The van der Waals surface area contributed by atoms with Crippen LogP contribution >= 0.6 is 0 Å². The van der Waals surface area contributed by atoms with Crippen LogP contribution in [0.4, 0.5) is 0 Å². The van der Waals surface area contributed by atoms with Crippen molar-refractivity contribution >= 4 is 9.84 Å². The number of fused-ring (bicyclic) bond motifs is 3. The predicted octanol–water partition coefficient (Wildman–Crippen LogP) is 2.03. The van der Waals surface area contributed by atoms with Gasteiger partial charge in [0.1, 0.15) is 0 Å². The molecule has 2 atom stereocenters. The van der Waals surface area contributed by atoms with Crippen molar-refractivity contribution < 1.29 is 12.8 Å². The van der Waals surface area contributed by atoms with Crippen LogP contribution in [0, 0.1) is 0 Å². The summed E-state index contributed by atoms with van der Waals surface area (Å²) in [4.78, 5) is 2.74. The molecule has 0 spiro atoms. The van der Waals surface area contributed by atoms with Crippen LogP contribution in [0.2, 0.25) is 0 Å². The van der Waals surface area contributed by atoms with Crippen molar-refractivity contribution in [1.29, 1.82) is 0 Å². The van der Waals surface area contributed by atoms with E-state index in [9.17, 15) is 8.42 Å². The molecular weight excluding hydrogens is 274 g/mol. The number of hydrogen-bond acceptors (Lipinski definition) is 4. The molecule has 0 radical (unpaired) electrons.